The SMILES string of the molecule is CC(=O)O[C@H]1[C@H](OC(C)=O)[C@@H](CI)O[C@@H](O[C@@H]2C=CO[C@H](CI)[C@H]2OC(C)=O)[C@@H]1Sc1ccccc1. The second-order valence-corrected chi connectivity index (χ2v) is 11.1. The number of ether oxygens (including phenoxy) is 6. The molecule has 1 aromatic rings. The molecular formula is C24H28I2O9S. The van der Waals surface area contributed by atoms with E-state index in [1.165, 1.54) is 38.8 Å². The van der Waals surface area contributed by atoms with E-state index in [4.69, 9.17) is 28.4 Å². The highest BCUT2D eigenvalue weighted by molar-refractivity contribution is 14.1. The molecule has 0 unspecified atom stereocenters. The smallest absolute Gasteiger partial charge is 0.303 e. The van der Waals surface area contributed by atoms with Crippen molar-refractivity contribution in [2.45, 2.75) is 73.8 Å². The molecule has 0 N–H and O–H groups in total. The molecule has 2 aliphatic rings. The fourth-order valence-corrected chi connectivity index (χ4v) is 6.54. The van der Waals surface area contributed by atoms with Gasteiger partial charge < -0.3 is 28.4 Å². The third-order valence-electron chi connectivity index (χ3n) is 5.32. The molecule has 0 amide bonds. The second-order valence-electron chi connectivity index (χ2n) is 8.07. The predicted molar refractivity (Wildman–Crippen MR) is 148 cm³/mol. The Balaban J connectivity index is 1.98. The molecule has 12 heteroatoms. The van der Waals surface area contributed by atoms with Gasteiger partial charge in [0.1, 0.15) is 23.6 Å². The number of halogens is 2. The van der Waals surface area contributed by atoms with Gasteiger partial charge in [0.25, 0.3) is 0 Å². The molecule has 9 nitrogen and oxygen atoms in total. The van der Waals surface area contributed by atoms with Gasteiger partial charge in [-0.3, -0.25) is 14.4 Å². The molecule has 0 bridgehead atoms. The zero-order valence-electron chi connectivity index (χ0n) is 19.9. The summed E-state index contributed by atoms with van der Waals surface area (Å²) in [4.78, 5) is 36.8. The monoisotopic (exact) mass is 746 g/mol. The van der Waals surface area contributed by atoms with E-state index in [9.17, 15) is 14.4 Å². The van der Waals surface area contributed by atoms with Crippen LogP contribution in [-0.2, 0) is 42.8 Å². The van der Waals surface area contributed by atoms with Crippen molar-refractivity contribution in [2.75, 3.05) is 8.86 Å². The first-order valence-electron chi connectivity index (χ1n) is 11.2. The minimum Gasteiger partial charge on any atom is -0.493 e. The van der Waals surface area contributed by atoms with Gasteiger partial charge in [0, 0.05) is 34.5 Å². The van der Waals surface area contributed by atoms with Crippen LogP contribution in [0.1, 0.15) is 20.8 Å². The normalized spacial score (nSPS) is 31.7. The molecule has 2 aliphatic heterocycles. The Morgan fingerprint density at radius 3 is 2.03 bits per heavy atom. The maximum absolute atomic E-state index is 12.1. The number of hydrogen-bond donors (Lipinski definition) is 0. The first-order valence-corrected chi connectivity index (χ1v) is 15.1. The van der Waals surface area contributed by atoms with E-state index < -0.39 is 66.1 Å². The topological polar surface area (TPSA) is 107 Å². The highest BCUT2D eigenvalue weighted by Crippen LogP contribution is 2.39. The van der Waals surface area contributed by atoms with Crippen LogP contribution in [0.5, 0.6) is 0 Å². The summed E-state index contributed by atoms with van der Waals surface area (Å²) in [6, 6.07) is 9.51. The van der Waals surface area contributed by atoms with Crippen LogP contribution in [0.25, 0.3) is 0 Å². The van der Waals surface area contributed by atoms with Crippen molar-refractivity contribution < 1.29 is 42.8 Å². The van der Waals surface area contributed by atoms with E-state index in [2.05, 4.69) is 45.2 Å². The Hall–Kier alpha value is -1.10. The van der Waals surface area contributed by atoms with Crippen LogP contribution in [0.4, 0.5) is 0 Å². The second kappa shape index (κ2) is 14.2. The molecule has 1 aromatic carbocycles. The van der Waals surface area contributed by atoms with Crippen molar-refractivity contribution in [2.24, 2.45) is 0 Å². The van der Waals surface area contributed by atoms with Gasteiger partial charge in [0.2, 0.25) is 0 Å². The van der Waals surface area contributed by atoms with Gasteiger partial charge in [-0.25, -0.2) is 0 Å². The highest BCUT2D eigenvalue weighted by atomic mass is 127. The van der Waals surface area contributed by atoms with E-state index in [-0.39, 0.29) is 0 Å². The summed E-state index contributed by atoms with van der Waals surface area (Å²) in [6.07, 6.45) is -1.78. The molecule has 0 saturated carbocycles. The zero-order chi connectivity index (χ0) is 26.2. The lowest BCUT2D eigenvalue weighted by Crippen LogP contribution is -2.61. The van der Waals surface area contributed by atoms with Crippen molar-refractivity contribution in [3.63, 3.8) is 0 Å². The van der Waals surface area contributed by atoms with Crippen molar-refractivity contribution in [1.29, 1.82) is 0 Å². The molecule has 0 spiro atoms. The molecule has 198 valence electrons. The number of alkyl halides is 2. The van der Waals surface area contributed by atoms with Crippen LogP contribution in [0.3, 0.4) is 0 Å². The van der Waals surface area contributed by atoms with E-state index in [1.54, 1.807) is 6.08 Å². The van der Waals surface area contributed by atoms with Gasteiger partial charge >= 0.3 is 17.9 Å². The number of hydrogen-bond acceptors (Lipinski definition) is 10. The van der Waals surface area contributed by atoms with E-state index in [0.717, 1.165) is 4.90 Å². The summed E-state index contributed by atoms with van der Waals surface area (Å²) in [6.45, 7) is 3.94. The van der Waals surface area contributed by atoms with Crippen LogP contribution in [0.2, 0.25) is 0 Å². The molecule has 0 radical (unpaired) electrons. The average molecular weight is 746 g/mol. The lowest BCUT2D eigenvalue weighted by atomic mass is 10.0. The average Bonchev–Trinajstić information content (AvgIpc) is 2.83. The predicted octanol–water partition coefficient (Wildman–Crippen LogP) is 3.84. The number of rotatable bonds is 9. The van der Waals surface area contributed by atoms with Gasteiger partial charge in [-0.2, -0.15) is 0 Å². The van der Waals surface area contributed by atoms with Gasteiger partial charge in [0.05, 0.1) is 6.26 Å². The van der Waals surface area contributed by atoms with E-state index >= 15 is 0 Å². The number of carbonyl (C=O) groups is 3. The zero-order valence-corrected chi connectivity index (χ0v) is 25.0. The fourth-order valence-electron chi connectivity index (χ4n) is 3.91. The quantitative estimate of drug-likeness (QED) is 0.160. The van der Waals surface area contributed by atoms with Crippen LogP contribution < -0.4 is 0 Å². The van der Waals surface area contributed by atoms with Crippen LogP contribution in [0, 0.1) is 0 Å². The Morgan fingerprint density at radius 2 is 1.44 bits per heavy atom. The van der Waals surface area contributed by atoms with E-state index in [0.29, 0.717) is 8.86 Å². The van der Waals surface area contributed by atoms with Gasteiger partial charge in [-0.15, -0.1) is 11.8 Å². The highest BCUT2D eigenvalue weighted by Gasteiger charge is 2.52. The summed E-state index contributed by atoms with van der Waals surface area (Å²) in [5, 5.41) is -0.605. The maximum Gasteiger partial charge on any atom is 0.303 e. The molecule has 1 saturated heterocycles. The van der Waals surface area contributed by atoms with Gasteiger partial charge in [-0.05, 0) is 18.2 Å². The van der Waals surface area contributed by atoms with Gasteiger partial charge in [0.15, 0.2) is 24.6 Å². The standard InChI is InChI=1S/C24H28I2O9S/c1-13(27)31-20-17(9-10-30-18(20)11-25)34-24-23(36-16-7-5-4-6-8-16)22(33-15(3)29)21(32-14(2)28)19(12-26)35-24/h4-10,17-24H,11-12H2,1-3H3/t17-,18-,19-,20+,21-,22+,23-,24-/m1/s1. The van der Waals surface area contributed by atoms with Crippen molar-refractivity contribution in [3.05, 3.63) is 42.7 Å². The van der Waals surface area contributed by atoms with E-state index in [1.807, 2.05) is 30.3 Å². The minimum absolute atomic E-state index is 0.410. The molecule has 0 aliphatic carbocycles. The largest absolute Gasteiger partial charge is 0.493 e. The Kier molecular flexibility index (Phi) is 11.6. The van der Waals surface area contributed by atoms with Crippen LogP contribution >= 0.6 is 56.9 Å². The molecule has 1 fully saturated rings. The van der Waals surface area contributed by atoms with Crippen molar-refractivity contribution in [3.8, 4) is 0 Å². The first-order chi connectivity index (χ1) is 17.2. The molecule has 0 aromatic heterocycles. The third kappa shape index (κ3) is 7.95. The summed E-state index contributed by atoms with van der Waals surface area (Å²) in [7, 11) is 0. The Morgan fingerprint density at radius 1 is 0.861 bits per heavy atom. The van der Waals surface area contributed by atoms with Crippen LogP contribution in [0.15, 0.2) is 47.6 Å². The number of esters is 3. The summed E-state index contributed by atoms with van der Waals surface area (Å²) >= 11 is 5.68. The summed E-state index contributed by atoms with van der Waals surface area (Å²) < 4.78 is 36.3. The minimum atomic E-state index is -0.896. The fraction of sp³-hybridized carbons (Fsp3) is 0.542. The number of benzene rings is 1. The molecule has 36 heavy (non-hydrogen) atoms. The van der Waals surface area contributed by atoms with Crippen LogP contribution in [-0.4, -0.2) is 74.9 Å². The number of thioether (sulfide) groups is 1. The van der Waals surface area contributed by atoms with Crippen molar-refractivity contribution >= 4 is 74.9 Å². The van der Waals surface area contributed by atoms with Crippen molar-refractivity contribution in [1.82, 2.24) is 0 Å². The molecular weight excluding hydrogens is 718 g/mol. The first kappa shape index (κ1) is 29.5. The Bertz CT molecular complexity index is 931. The van der Waals surface area contributed by atoms with Gasteiger partial charge in [-0.1, -0.05) is 63.4 Å². The molecule has 2 heterocycles. The molecule has 3 rings (SSSR count). The number of carbonyl (C=O) groups excluding carboxylic acids is 3. The Labute approximate surface area is 241 Å². The summed E-state index contributed by atoms with van der Waals surface area (Å²) in [5.74, 6) is -1.48. The molecule has 8 atom stereocenters. The maximum atomic E-state index is 12.1. The lowest BCUT2D eigenvalue weighted by Gasteiger charge is -2.46. The summed E-state index contributed by atoms with van der Waals surface area (Å²) in [5.41, 5.74) is 0. The third-order valence-corrected chi connectivity index (χ3v) is 8.36. The lowest BCUT2D eigenvalue weighted by molar-refractivity contribution is -0.268.